The van der Waals surface area contributed by atoms with Crippen molar-refractivity contribution >= 4 is 40.4 Å². The Bertz CT molecular complexity index is 1160. The maximum atomic E-state index is 14.4. The fourth-order valence-electron chi connectivity index (χ4n) is 4.16. The number of Topliss-reactive ketones (excluding diaryl/α,β-unsaturated/α-hetero) is 1. The monoisotopic (exact) mass is 498 g/mol. The van der Waals surface area contributed by atoms with Crippen molar-refractivity contribution in [3.8, 4) is 0 Å². The van der Waals surface area contributed by atoms with Crippen LogP contribution < -0.4 is 0 Å². The highest BCUT2D eigenvalue weighted by molar-refractivity contribution is 6.51. The number of ketones is 1. The van der Waals surface area contributed by atoms with Crippen LogP contribution in [-0.2, 0) is 10.4 Å². The smallest absolute Gasteiger partial charge is 0.410 e. The van der Waals surface area contributed by atoms with E-state index in [0.717, 1.165) is 31.4 Å². The number of nitrogens with zero attached hydrogens (tertiary/aromatic N) is 2. The van der Waals surface area contributed by atoms with Gasteiger partial charge in [-0.15, -0.1) is 0 Å². The van der Waals surface area contributed by atoms with Crippen LogP contribution in [0.5, 0.6) is 0 Å². The fraction of sp³-hybridized carbons (Fsp3) is 0.348. The number of carbonyl (C=O) groups excluding carboxylic acids is 1. The van der Waals surface area contributed by atoms with E-state index in [1.165, 1.54) is 18.2 Å². The first-order valence-corrected chi connectivity index (χ1v) is 11.0. The molecular formula is C23H19Cl2F3N2O3. The molecule has 0 radical (unpaired) electrons. The van der Waals surface area contributed by atoms with Gasteiger partial charge in [0.05, 0.1) is 0 Å². The number of hydrogen-bond donors (Lipinski definition) is 1. The zero-order valence-electron chi connectivity index (χ0n) is 17.4. The molecule has 174 valence electrons. The molecule has 5 nitrogen and oxygen atoms in total. The first kappa shape index (κ1) is 23.6. The molecule has 1 aliphatic heterocycles. The molecule has 1 atom stereocenters. The molecule has 1 saturated carbocycles. The highest BCUT2D eigenvalue weighted by Gasteiger charge is 2.67. The van der Waals surface area contributed by atoms with Gasteiger partial charge in [-0.1, -0.05) is 64.9 Å². The molecule has 1 unspecified atom stereocenters. The molecule has 33 heavy (non-hydrogen) atoms. The Kier molecular flexibility index (Phi) is 6.18. The normalized spacial score (nSPS) is 22.1. The van der Waals surface area contributed by atoms with Crippen LogP contribution in [0.1, 0.15) is 52.7 Å². The minimum absolute atomic E-state index is 0.0115. The van der Waals surface area contributed by atoms with Gasteiger partial charge in [-0.25, -0.2) is 0 Å². The summed E-state index contributed by atoms with van der Waals surface area (Å²) in [6.07, 6.45) is -1.44. The van der Waals surface area contributed by atoms with Crippen LogP contribution in [-0.4, -0.2) is 28.6 Å². The molecule has 1 heterocycles. The lowest BCUT2D eigenvalue weighted by molar-refractivity contribution is -0.250. The maximum Gasteiger partial charge on any atom is 0.441 e. The lowest BCUT2D eigenvalue weighted by Crippen LogP contribution is -2.50. The summed E-state index contributed by atoms with van der Waals surface area (Å²) in [5, 5.41) is 16.1. The summed E-state index contributed by atoms with van der Waals surface area (Å²) in [4.78, 5) is 17.6. The molecule has 0 amide bonds. The maximum absolute atomic E-state index is 14.4. The van der Waals surface area contributed by atoms with Crippen molar-refractivity contribution in [3.63, 3.8) is 0 Å². The summed E-state index contributed by atoms with van der Waals surface area (Å²) >= 11 is 11.8. The second-order valence-electron chi connectivity index (χ2n) is 8.27. The van der Waals surface area contributed by atoms with Gasteiger partial charge < -0.3 is 10.0 Å². The first-order chi connectivity index (χ1) is 15.6. The van der Waals surface area contributed by atoms with Crippen LogP contribution in [0.25, 0.3) is 0 Å². The first-order valence-electron chi connectivity index (χ1n) is 10.2. The second kappa shape index (κ2) is 8.65. The Hall–Kier alpha value is -2.58. The van der Waals surface area contributed by atoms with Crippen molar-refractivity contribution in [2.24, 2.45) is 16.2 Å². The topological polar surface area (TPSA) is 71.2 Å². The average Bonchev–Trinajstić information content (AvgIpc) is 3.10. The Balaban J connectivity index is 1.72. The van der Waals surface area contributed by atoms with Gasteiger partial charge in [0, 0.05) is 33.2 Å². The third-order valence-corrected chi connectivity index (χ3v) is 6.54. The lowest BCUT2D eigenvalue weighted by Gasteiger charge is -2.29. The number of rotatable bonds is 5. The molecule has 4 rings (SSSR count). The van der Waals surface area contributed by atoms with Gasteiger partial charge >= 0.3 is 11.8 Å². The van der Waals surface area contributed by atoms with Crippen LogP contribution in [0.15, 0.2) is 46.7 Å². The molecule has 2 aliphatic rings. The Labute approximate surface area is 197 Å². The number of halogens is 5. The average molecular weight is 499 g/mol. The largest absolute Gasteiger partial charge is 0.441 e. The SMILES string of the molecule is Cc1cc(C2=NOC(c3cc(Cl)cc(Cl)c3)(C(F)(F)F)/C2=N/O)ccc1C(=O)CC1CCC1. The van der Waals surface area contributed by atoms with E-state index in [2.05, 4.69) is 10.3 Å². The summed E-state index contributed by atoms with van der Waals surface area (Å²) in [7, 11) is 0. The van der Waals surface area contributed by atoms with Crippen LogP contribution in [0, 0.1) is 12.8 Å². The molecule has 0 bridgehead atoms. The Morgan fingerprint density at radius 2 is 1.88 bits per heavy atom. The van der Waals surface area contributed by atoms with Crippen molar-refractivity contribution in [2.75, 3.05) is 0 Å². The minimum Gasteiger partial charge on any atom is -0.410 e. The van der Waals surface area contributed by atoms with E-state index in [4.69, 9.17) is 28.0 Å². The quantitative estimate of drug-likeness (QED) is 0.283. The van der Waals surface area contributed by atoms with Gasteiger partial charge in [-0.05, 0) is 42.7 Å². The molecule has 1 N–H and O–H groups in total. The second-order valence-corrected chi connectivity index (χ2v) is 9.14. The predicted molar refractivity (Wildman–Crippen MR) is 119 cm³/mol. The predicted octanol–water partition coefficient (Wildman–Crippen LogP) is 6.70. The van der Waals surface area contributed by atoms with Gasteiger partial charge in [-0.3, -0.25) is 4.79 Å². The van der Waals surface area contributed by atoms with E-state index in [-0.39, 0.29) is 27.1 Å². The van der Waals surface area contributed by atoms with Crippen molar-refractivity contribution in [2.45, 2.75) is 44.4 Å². The summed E-state index contributed by atoms with van der Waals surface area (Å²) in [5.41, 5.74) is -3.59. The van der Waals surface area contributed by atoms with E-state index >= 15 is 0 Å². The zero-order valence-corrected chi connectivity index (χ0v) is 18.9. The molecule has 1 aliphatic carbocycles. The van der Waals surface area contributed by atoms with Gasteiger partial charge in [0.15, 0.2) is 11.5 Å². The van der Waals surface area contributed by atoms with E-state index in [0.29, 0.717) is 23.5 Å². The number of carbonyl (C=O) groups is 1. The van der Waals surface area contributed by atoms with Gasteiger partial charge in [0.25, 0.3) is 0 Å². The molecule has 2 aromatic rings. The van der Waals surface area contributed by atoms with Crippen molar-refractivity contribution < 1.29 is 28.0 Å². The number of aryl methyl sites for hydroxylation is 1. The third-order valence-electron chi connectivity index (χ3n) is 6.10. The minimum atomic E-state index is -5.07. The third kappa shape index (κ3) is 4.10. The van der Waals surface area contributed by atoms with Crippen LogP contribution >= 0.6 is 23.2 Å². The van der Waals surface area contributed by atoms with Gasteiger partial charge in [-0.2, -0.15) is 13.2 Å². The lowest BCUT2D eigenvalue weighted by atomic mass is 9.80. The summed E-state index contributed by atoms with van der Waals surface area (Å²) in [6, 6.07) is 7.86. The molecule has 0 saturated heterocycles. The molecular weight excluding hydrogens is 480 g/mol. The van der Waals surface area contributed by atoms with Crippen LogP contribution in [0.3, 0.4) is 0 Å². The van der Waals surface area contributed by atoms with E-state index in [9.17, 15) is 23.2 Å². The highest BCUT2D eigenvalue weighted by Crippen LogP contribution is 2.48. The molecule has 1 fully saturated rings. The summed E-state index contributed by atoms with van der Waals surface area (Å²) < 4.78 is 43.1. The van der Waals surface area contributed by atoms with Crippen LogP contribution in [0.4, 0.5) is 13.2 Å². The zero-order chi connectivity index (χ0) is 24.0. The fourth-order valence-corrected chi connectivity index (χ4v) is 4.69. The standard InChI is InChI=1S/C23H19Cl2F3N2O3/c1-12-7-14(5-6-18(12)19(31)8-13-3-2-4-13)20-21(29-32)22(33-30-20,23(26,27)28)15-9-16(24)11-17(25)10-15/h5-7,9-11,13,32H,2-4,8H2,1H3/b29-21+. The van der Waals surface area contributed by atoms with Gasteiger partial charge in [0.1, 0.15) is 5.71 Å². The highest BCUT2D eigenvalue weighted by atomic mass is 35.5. The van der Waals surface area contributed by atoms with E-state index < -0.39 is 23.1 Å². The van der Waals surface area contributed by atoms with E-state index in [1.807, 2.05) is 0 Å². The van der Waals surface area contributed by atoms with Crippen molar-refractivity contribution in [1.82, 2.24) is 0 Å². The van der Waals surface area contributed by atoms with E-state index in [1.54, 1.807) is 13.0 Å². The molecule has 2 aromatic carbocycles. The Morgan fingerprint density at radius 3 is 2.39 bits per heavy atom. The van der Waals surface area contributed by atoms with Crippen LogP contribution in [0.2, 0.25) is 10.0 Å². The van der Waals surface area contributed by atoms with Crippen molar-refractivity contribution in [3.05, 3.63) is 68.7 Å². The van der Waals surface area contributed by atoms with Gasteiger partial charge in [0.2, 0.25) is 0 Å². The number of alkyl halides is 3. The molecule has 0 spiro atoms. The number of oxime groups is 2. The van der Waals surface area contributed by atoms with Crippen molar-refractivity contribution in [1.29, 1.82) is 0 Å². The molecule has 10 heteroatoms. The number of hydrogen-bond acceptors (Lipinski definition) is 5. The summed E-state index contributed by atoms with van der Waals surface area (Å²) in [6.45, 7) is 1.69. The number of benzene rings is 2. The summed E-state index contributed by atoms with van der Waals surface area (Å²) in [5.74, 6) is 0.372. The molecule has 0 aromatic heterocycles. The Morgan fingerprint density at radius 1 is 1.21 bits per heavy atom.